The van der Waals surface area contributed by atoms with Gasteiger partial charge >= 0.3 is 5.97 Å². The molecule has 0 saturated heterocycles. The van der Waals surface area contributed by atoms with Gasteiger partial charge in [-0.05, 0) is 12.8 Å². The van der Waals surface area contributed by atoms with Gasteiger partial charge in [0.2, 0.25) is 11.8 Å². The molecule has 0 spiro atoms. The Bertz CT molecular complexity index is 318. The monoisotopic (exact) mass is 259 g/mol. The summed E-state index contributed by atoms with van der Waals surface area (Å²) in [5.41, 5.74) is 9.72. The van der Waals surface area contributed by atoms with Crippen LogP contribution in [0.3, 0.4) is 0 Å². The zero-order valence-electron chi connectivity index (χ0n) is 10.7. The van der Waals surface area contributed by atoms with Crippen LogP contribution in [-0.2, 0) is 14.4 Å². The first-order chi connectivity index (χ1) is 8.32. The van der Waals surface area contributed by atoms with E-state index in [4.69, 9.17) is 16.6 Å². The fourth-order valence-corrected chi connectivity index (χ4v) is 1.67. The van der Waals surface area contributed by atoms with Crippen LogP contribution in [0.1, 0.15) is 33.1 Å². The van der Waals surface area contributed by atoms with E-state index >= 15 is 0 Å². The van der Waals surface area contributed by atoms with Gasteiger partial charge in [0.25, 0.3) is 0 Å². The van der Waals surface area contributed by atoms with Gasteiger partial charge in [0, 0.05) is 6.54 Å². The molecule has 0 aromatic rings. The molecule has 6 N–H and O–H groups in total. The average Bonchev–Trinajstić information content (AvgIpc) is 2.30. The molecule has 0 bridgehead atoms. The standard InChI is InChI=1S/C11H21N3O4/c1-3-11(4-2,6-12)10(18)14-7(9(16)17)5-8(13)15/h7H,3-6,12H2,1-2H3,(H2,13,15)(H,14,18)(H,16,17). The van der Waals surface area contributed by atoms with Crippen LogP contribution >= 0.6 is 0 Å². The second kappa shape index (κ2) is 6.95. The lowest BCUT2D eigenvalue weighted by atomic mass is 9.81. The van der Waals surface area contributed by atoms with E-state index in [1.165, 1.54) is 0 Å². The number of amides is 2. The lowest BCUT2D eigenvalue weighted by Gasteiger charge is -2.29. The van der Waals surface area contributed by atoms with Crippen molar-refractivity contribution >= 4 is 17.8 Å². The van der Waals surface area contributed by atoms with E-state index in [1.54, 1.807) is 13.8 Å². The van der Waals surface area contributed by atoms with Crippen LogP contribution in [-0.4, -0.2) is 35.5 Å². The summed E-state index contributed by atoms with van der Waals surface area (Å²) >= 11 is 0. The van der Waals surface area contributed by atoms with Crippen molar-refractivity contribution in [1.29, 1.82) is 0 Å². The first-order valence-electron chi connectivity index (χ1n) is 5.85. The highest BCUT2D eigenvalue weighted by atomic mass is 16.4. The molecule has 1 atom stereocenters. The molecule has 104 valence electrons. The zero-order valence-corrected chi connectivity index (χ0v) is 10.7. The Morgan fingerprint density at radius 3 is 2.06 bits per heavy atom. The van der Waals surface area contributed by atoms with Crippen molar-refractivity contribution in [2.75, 3.05) is 6.54 Å². The Kier molecular flexibility index (Phi) is 6.32. The molecule has 2 amide bonds. The number of hydrogen-bond donors (Lipinski definition) is 4. The lowest BCUT2D eigenvalue weighted by molar-refractivity contribution is -0.145. The molecule has 0 aliphatic rings. The minimum atomic E-state index is -1.31. The number of aliphatic carboxylic acids is 1. The van der Waals surface area contributed by atoms with E-state index in [9.17, 15) is 14.4 Å². The number of carbonyl (C=O) groups excluding carboxylic acids is 2. The Labute approximate surface area is 106 Å². The summed E-state index contributed by atoms with van der Waals surface area (Å²) in [6, 6.07) is -1.31. The minimum Gasteiger partial charge on any atom is -0.480 e. The quantitative estimate of drug-likeness (QED) is 0.452. The number of carbonyl (C=O) groups is 3. The second-order valence-corrected chi connectivity index (χ2v) is 4.23. The number of carboxylic acid groups (broad SMARTS) is 1. The third-order valence-electron chi connectivity index (χ3n) is 3.23. The third-order valence-corrected chi connectivity index (χ3v) is 3.23. The molecule has 7 nitrogen and oxygen atoms in total. The maximum atomic E-state index is 12.0. The van der Waals surface area contributed by atoms with Crippen molar-refractivity contribution < 1.29 is 19.5 Å². The molecule has 0 aliphatic carbocycles. The third kappa shape index (κ3) is 3.99. The maximum Gasteiger partial charge on any atom is 0.326 e. The molecule has 0 heterocycles. The molecule has 1 unspecified atom stereocenters. The lowest BCUT2D eigenvalue weighted by Crippen LogP contribution is -2.52. The number of nitrogens with one attached hydrogen (secondary N) is 1. The molecule has 0 fully saturated rings. The zero-order chi connectivity index (χ0) is 14.3. The fraction of sp³-hybridized carbons (Fsp3) is 0.727. The van der Waals surface area contributed by atoms with Gasteiger partial charge in [0.1, 0.15) is 6.04 Å². The van der Waals surface area contributed by atoms with Crippen LogP contribution in [0.25, 0.3) is 0 Å². The molecule has 7 heteroatoms. The largest absolute Gasteiger partial charge is 0.480 e. The van der Waals surface area contributed by atoms with E-state index in [-0.39, 0.29) is 6.54 Å². The highest BCUT2D eigenvalue weighted by molar-refractivity contribution is 5.90. The van der Waals surface area contributed by atoms with Crippen molar-refractivity contribution in [3.8, 4) is 0 Å². The van der Waals surface area contributed by atoms with Gasteiger partial charge in [0.05, 0.1) is 11.8 Å². The summed E-state index contributed by atoms with van der Waals surface area (Å²) in [4.78, 5) is 33.7. The summed E-state index contributed by atoms with van der Waals surface area (Å²) in [5.74, 6) is -2.53. The van der Waals surface area contributed by atoms with Crippen LogP contribution < -0.4 is 16.8 Å². The van der Waals surface area contributed by atoms with Gasteiger partial charge in [-0.1, -0.05) is 13.8 Å². The van der Waals surface area contributed by atoms with Crippen molar-refractivity contribution in [2.45, 2.75) is 39.2 Å². The Balaban J connectivity index is 4.87. The Morgan fingerprint density at radius 1 is 1.28 bits per heavy atom. The number of carboxylic acids is 1. The Morgan fingerprint density at radius 2 is 1.78 bits per heavy atom. The average molecular weight is 259 g/mol. The van der Waals surface area contributed by atoms with Crippen molar-refractivity contribution in [2.24, 2.45) is 16.9 Å². The van der Waals surface area contributed by atoms with Gasteiger partial charge in [-0.2, -0.15) is 0 Å². The normalized spacial score (nSPS) is 12.8. The van der Waals surface area contributed by atoms with Crippen LogP contribution in [0.5, 0.6) is 0 Å². The van der Waals surface area contributed by atoms with Gasteiger partial charge < -0.3 is 21.9 Å². The first-order valence-corrected chi connectivity index (χ1v) is 5.85. The van der Waals surface area contributed by atoms with Gasteiger partial charge in [-0.3, -0.25) is 9.59 Å². The number of hydrogen-bond acceptors (Lipinski definition) is 4. The summed E-state index contributed by atoms with van der Waals surface area (Å²) < 4.78 is 0. The van der Waals surface area contributed by atoms with Gasteiger partial charge in [-0.25, -0.2) is 4.79 Å². The number of rotatable bonds is 8. The molecule has 0 saturated carbocycles. The van der Waals surface area contributed by atoms with Crippen LogP contribution in [0, 0.1) is 5.41 Å². The van der Waals surface area contributed by atoms with Crippen molar-refractivity contribution in [1.82, 2.24) is 5.32 Å². The Hall–Kier alpha value is -1.63. The second-order valence-electron chi connectivity index (χ2n) is 4.23. The number of primary amides is 1. The molecule has 0 aliphatic heterocycles. The SMILES string of the molecule is CCC(CC)(CN)C(=O)NC(CC(N)=O)C(=O)O. The summed E-state index contributed by atoms with van der Waals surface area (Å²) in [7, 11) is 0. The van der Waals surface area contributed by atoms with E-state index in [1.807, 2.05) is 0 Å². The van der Waals surface area contributed by atoms with Gasteiger partial charge in [0.15, 0.2) is 0 Å². The highest BCUT2D eigenvalue weighted by Crippen LogP contribution is 2.25. The van der Waals surface area contributed by atoms with E-state index in [2.05, 4.69) is 5.32 Å². The molecular formula is C11H21N3O4. The van der Waals surface area contributed by atoms with E-state index in [0.29, 0.717) is 12.8 Å². The smallest absolute Gasteiger partial charge is 0.326 e. The molecule has 0 radical (unpaired) electrons. The fourth-order valence-electron chi connectivity index (χ4n) is 1.67. The predicted octanol–water partition coefficient (Wildman–Crippen LogP) is -0.804. The van der Waals surface area contributed by atoms with E-state index < -0.39 is 35.7 Å². The van der Waals surface area contributed by atoms with Crippen molar-refractivity contribution in [3.05, 3.63) is 0 Å². The molecule has 0 aromatic carbocycles. The molecule has 0 aromatic heterocycles. The topological polar surface area (TPSA) is 136 Å². The summed E-state index contributed by atoms with van der Waals surface area (Å²) in [6.07, 6.45) is 0.554. The molecule has 18 heavy (non-hydrogen) atoms. The highest BCUT2D eigenvalue weighted by Gasteiger charge is 2.36. The van der Waals surface area contributed by atoms with Crippen LogP contribution in [0.15, 0.2) is 0 Å². The van der Waals surface area contributed by atoms with Crippen LogP contribution in [0.4, 0.5) is 0 Å². The summed E-state index contributed by atoms with van der Waals surface area (Å²) in [5, 5.41) is 11.2. The predicted molar refractivity (Wildman–Crippen MR) is 65.4 cm³/mol. The van der Waals surface area contributed by atoms with Crippen molar-refractivity contribution in [3.63, 3.8) is 0 Å². The van der Waals surface area contributed by atoms with E-state index in [0.717, 1.165) is 0 Å². The molecule has 0 rings (SSSR count). The minimum absolute atomic E-state index is 0.120. The van der Waals surface area contributed by atoms with Gasteiger partial charge in [-0.15, -0.1) is 0 Å². The molecular weight excluding hydrogens is 238 g/mol. The van der Waals surface area contributed by atoms with Crippen LogP contribution in [0.2, 0.25) is 0 Å². The maximum absolute atomic E-state index is 12.0. The number of nitrogens with two attached hydrogens (primary N) is 2. The summed E-state index contributed by atoms with van der Waals surface area (Å²) in [6.45, 7) is 3.73. The first kappa shape index (κ1) is 16.4.